The van der Waals surface area contributed by atoms with E-state index in [0.717, 1.165) is 5.82 Å². The summed E-state index contributed by atoms with van der Waals surface area (Å²) in [7, 11) is 1.80. The van der Waals surface area contributed by atoms with Crippen molar-refractivity contribution >= 4 is 17.7 Å². The van der Waals surface area contributed by atoms with Crippen LogP contribution in [0, 0.1) is 0 Å². The minimum atomic E-state index is -0.651. The van der Waals surface area contributed by atoms with Gasteiger partial charge in [0.2, 0.25) is 5.95 Å². The van der Waals surface area contributed by atoms with E-state index < -0.39 is 6.10 Å². The molecule has 1 aromatic heterocycles. The van der Waals surface area contributed by atoms with Gasteiger partial charge >= 0.3 is 0 Å². The highest BCUT2D eigenvalue weighted by molar-refractivity contribution is 5.94. The molecular formula is C17H21N5O2. The number of nitrogens with zero attached hydrogens (tertiary/aromatic N) is 4. The van der Waals surface area contributed by atoms with Crippen LogP contribution in [0.3, 0.4) is 0 Å². The van der Waals surface area contributed by atoms with Crippen LogP contribution in [-0.4, -0.2) is 65.2 Å². The summed E-state index contributed by atoms with van der Waals surface area (Å²) in [6.45, 7) is 1.78. The van der Waals surface area contributed by atoms with Gasteiger partial charge < -0.3 is 20.2 Å². The van der Waals surface area contributed by atoms with Gasteiger partial charge in [0.05, 0.1) is 6.10 Å². The van der Waals surface area contributed by atoms with Gasteiger partial charge in [0.25, 0.3) is 5.91 Å². The molecule has 1 aliphatic heterocycles. The van der Waals surface area contributed by atoms with Gasteiger partial charge in [-0.05, 0) is 18.2 Å². The minimum Gasteiger partial charge on any atom is -0.389 e. The molecule has 1 atom stereocenters. The number of carbonyl (C=O) groups excluding carboxylic acids is 1. The fourth-order valence-corrected chi connectivity index (χ4v) is 2.76. The Kier molecular flexibility index (Phi) is 4.90. The quantitative estimate of drug-likeness (QED) is 0.869. The van der Waals surface area contributed by atoms with Crippen LogP contribution in [0.4, 0.5) is 11.8 Å². The first kappa shape index (κ1) is 16.2. The molecule has 2 aromatic rings. The molecule has 1 unspecified atom stereocenters. The number of hydrogen-bond donors (Lipinski definition) is 2. The largest absolute Gasteiger partial charge is 0.389 e. The zero-order valence-electron chi connectivity index (χ0n) is 13.6. The number of aliphatic hydroxyl groups excluding tert-OH is 1. The Morgan fingerprint density at radius 2 is 2.00 bits per heavy atom. The molecule has 7 nitrogen and oxygen atoms in total. The van der Waals surface area contributed by atoms with E-state index in [9.17, 15) is 9.90 Å². The molecule has 0 radical (unpaired) electrons. The minimum absolute atomic E-state index is 0.0682. The highest BCUT2D eigenvalue weighted by Crippen LogP contribution is 2.15. The summed E-state index contributed by atoms with van der Waals surface area (Å²) >= 11 is 0. The molecule has 1 aliphatic rings. The first-order valence-electron chi connectivity index (χ1n) is 7.95. The van der Waals surface area contributed by atoms with Crippen molar-refractivity contribution in [1.82, 2.24) is 14.9 Å². The summed E-state index contributed by atoms with van der Waals surface area (Å²) in [5.74, 6) is 1.20. The molecule has 2 N–H and O–H groups in total. The SMILES string of the molecule is CNc1ccnc(N2CCN(C(=O)c3ccccc3)CC(O)C2)n1. The maximum atomic E-state index is 12.6. The third kappa shape index (κ3) is 3.62. The van der Waals surface area contributed by atoms with Crippen LogP contribution in [0.15, 0.2) is 42.6 Å². The van der Waals surface area contributed by atoms with Crippen LogP contribution in [0.2, 0.25) is 0 Å². The molecule has 2 heterocycles. The van der Waals surface area contributed by atoms with Crippen LogP contribution in [0.25, 0.3) is 0 Å². The molecule has 0 bridgehead atoms. The number of anilines is 2. The molecule has 7 heteroatoms. The molecule has 1 aromatic carbocycles. The number of nitrogens with one attached hydrogen (secondary N) is 1. The number of benzene rings is 1. The third-order valence-corrected chi connectivity index (χ3v) is 3.99. The van der Waals surface area contributed by atoms with Gasteiger partial charge in [0.15, 0.2) is 0 Å². The van der Waals surface area contributed by atoms with Crippen molar-refractivity contribution in [1.29, 1.82) is 0 Å². The lowest BCUT2D eigenvalue weighted by Gasteiger charge is -2.22. The number of hydrogen-bond acceptors (Lipinski definition) is 6. The lowest BCUT2D eigenvalue weighted by molar-refractivity contribution is 0.0674. The monoisotopic (exact) mass is 327 g/mol. The lowest BCUT2D eigenvalue weighted by Crippen LogP contribution is -2.37. The number of carbonyl (C=O) groups is 1. The predicted octanol–water partition coefficient (Wildman–Crippen LogP) is 0.842. The molecule has 1 amide bonds. The number of aromatic nitrogens is 2. The van der Waals surface area contributed by atoms with E-state index in [4.69, 9.17) is 0 Å². The van der Waals surface area contributed by atoms with Gasteiger partial charge in [-0.25, -0.2) is 4.98 Å². The van der Waals surface area contributed by atoms with E-state index >= 15 is 0 Å². The Labute approximate surface area is 141 Å². The van der Waals surface area contributed by atoms with E-state index in [2.05, 4.69) is 15.3 Å². The molecule has 126 valence electrons. The Balaban J connectivity index is 1.74. The van der Waals surface area contributed by atoms with E-state index in [1.807, 2.05) is 23.1 Å². The van der Waals surface area contributed by atoms with Crippen molar-refractivity contribution in [3.63, 3.8) is 0 Å². The van der Waals surface area contributed by atoms with Crippen molar-refractivity contribution in [3.8, 4) is 0 Å². The van der Waals surface area contributed by atoms with Crippen molar-refractivity contribution in [3.05, 3.63) is 48.2 Å². The van der Waals surface area contributed by atoms with E-state index in [1.54, 1.807) is 36.3 Å². The Bertz CT molecular complexity index is 694. The fourth-order valence-electron chi connectivity index (χ4n) is 2.76. The maximum Gasteiger partial charge on any atom is 0.254 e. The predicted molar refractivity (Wildman–Crippen MR) is 92.1 cm³/mol. The summed E-state index contributed by atoms with van der Waals surface area (Å²) in [6, 6.07) is 10.9. The summed E-state index contributed by atoms with van der Waals surface area (Å²) < 4.78 is 0. The van der Waals surface area contributed by atoms with Crippen molar-refractivity contribution in [2.75, 3.05) is 43.4 Å². The zero-order valence-corrected chi connectivity index (χ0v) is 13.6. The van der Waals surface area contributed by atoms with Crippen LogP contribution in [0.1, 0.15) is 10.4 Å². The number of rotatable bonds is 3. The third-order valence-electron chi connectivity index (χ3n) is 3.99. The molecule has 0 spiro atoms. The topological polar surface area (TPSA) is 81.6 Å². The normalized spacial score (nSPS) is 18.2. The molecule has 3 rings (SSSR count). The number of amides is 1. The molecule has 0 saturated carbocycles. The van der Waals surface area contributed by atoms with Crippen molar-refractivity contribution < 1.29 is 9.90 Å². The Morgan fingerprint density at radius 1 is 1.21 bits per heavy atom. The molecule has 1 fully saturated rings. The average Bonchev–Trinajstić information content (AvgIpc) is 2.83. The van der Waals surface area contributed by atoms with Crippen LogP contribution in [-0.2, 0) is 0 Å². The van der Waals surface area contributed by atoms with Gasteiger partial charge in [-0.15, -0.1) is 0 Å². The second-order valence-corrected chi connectivity index (χ2v) is 5.71. The van der Waals surface area contributed by atoms with Gasteiger partial charge in [0, 0.05) is 45.0 Å². The molecule has 1 saturated heterocycles. The average molecular weight is 327 g/mol. The van der Waals surface area contributed by atoms with Gasteiger partial charge in [-0.1, -0.05) is 18.2 Å². The van der Waals surface area contributed by atoms with Crippen molar-refractivity contribution in [2.24, 2.45) is 0 Å². The Morgan fingerprint density at radius 3 is 2.75 bits per heavy atom. The summed E-state index contributed by atoms with van der Waals surface area (Å²) in [6.07, 6.45) is 1.03. The zero-order chi connectivity index (χ0) is 16.9. The van der Waals surface area contributed by atoms with E-state index in [0.29, 0.717) is 37.7 Å². The molecular weight excluding hydrogens is 306 g/mol. The van der Waals surface area contributed by atoms with Crippen LogP contribution < -0.4 is 10.2 Å². The van der Waals surface area contributed by atoms with E-state index in [-0.39, 0.29) is 5.91 Å². The second-order valence-electron chi connectivity index (χ2n) is 5.71. The van der Waals surface area contributed by atoms with Gasteiger partial charge in [-0.2, -0.15) is 4.98 Å². The highest BCUT2D eigenvalue weighted by atomic mass is 16.3. The first-order valence-corrected chi connectivity index (χ1v) is 7.95. The maximum absolute atomic E-state index is 12.6. The van der Waals surface area contributed by atoms with Crippen molar-refractivity contribution in [2.45, 2.75) is 6.10 Å². The smallest absolute Gasteiger partial charge is 0.254 e. The number of aliphatic hydroxyl groups is 1. The van der Waals surface area contributed by atoms with Gasteiger partial charge in [-0.3, -0.25) is 4.79 Å². The second kappa shape index (κ2) is 7.27. The van der Waals surface area contributed by atoms with E-state index in [1.165, 1.54) is 0 Å². The standard InChI is InChI=1S/C17H21N5O2/c1-18-15-7-8-19-17(20-15)22-10-9-21(11-14(23)12-22)16(24)13-5-3-2-4-6-13/h2-8,14,23H,9-12H2,1H3,(H,18,19,20). The van der Waals surface area contributed by atoms with Crippen LogP contribution >= 0.6 is 0 Å². The van der Waals surface area contributed by atoms with Gasteiger partial charge in [0.1, 0.15) is 5.82 Å². The first-order chi connectivity index (χ1) is 11.7. The number of β-amino-alcohol motifs (C(OH)–C–C–N with tert-alkyl or cyclic N) is 1. The lowest BCUT2D eigenvalue weighted by atomic mass is 10.2. The fraction of sp³-hybridized carbons (Fsp3) is 0.353. The molecule has 0 aliphatic carbocycles. The summed E-state index contributed by atoms with van der Waals surface area (Å²) in [5.41, 5.74) is 0.631. The molecule has 24 heavy (non-hydrogen) atoms. The summed E-state index contributed by atoms with van der Waals surface area (Å²) in [4.78, 5) is 24.9. The Hall–Kier alpha value is -2.67. The highest BCUT2D eigenvalue weighted by Gasteiger charge is 2.26. The van der Waals surface area contributed by atoms with Crippen LogP contribution in [0.5, 0.6) is 0 Å². The summed E-state index contributed by atoms with van der Waals surface area (Å²) in [5, 5.41) is 13.3.